The smallest absolute Gasteiger partial charge is 0.336 e. The van der Waals surface area contributed by atoms with Gasteiger partial charge in [-0.15, -0.1) is 0 Å². The molecule has 1 fully saturated rings. The lowest BCUT2D eigenvalue weighted by Gasteiger charge is -2.17. The Morgan fingerprint density at radius 2 is 2.14 bits per heavy atom. The molecule has 1 aromatic rings. The third-order valence-electron chi connectivity index (χ3n) is 3.44. The van der Waals surface area contributed by atoms with E-state index in [9.17, 15) is 18.0 Å². The topological polar surface area (TPSA) is 118 Å². The fraction of sp³-hybridized carbons (Fsp3) is 0.385. The molecule has 1 atom stereocenters. The number of benzene rings is 1. The molecule has 21 heavy (non-hydrogen) atoms. The van der Waals surface area contributed by atoms with Crippen LogP contribution in [0.1, 0.15) is 22.3 Å². The summed E-state index contributed by atoms with van der Waals surface area (Å²) in [5, 5.41) is 14.1. The average Bonchev–Trinajstić information content (AvgIpc) is 2.68. The Hall–Kier alpha value is -1.93. The van der Waals surface area contributed by atoms with Crippen LogP contribution in [0.4, 0.5) is 5.69 Å². The zero-order valence-electron chi connectivity index (χ0n) is 11.4. The summed E-state index contributed by atoms with van der Waals surface area (Å²) in [6, 6.07) is 4.70. The monoisotopic (exact) mass is 312 g/mol. The number of nitrogens with zero attached hydrogens (tertiary/aromatic N) is 1. The fourth-order valence-corrected chi connectivity index (χ4v) is 3.36. The number of rotatable bonds is 4. The van der Waals surface area contributed by atoms with E-state index in [1.807, 2.05) is 0 Å². The van der Waals surface area contributed by atoms with E-state index < -0.39 is 16.0 Å². The second-order valence-corrected chi connectivity index (χ2v) is 6.87. The van der Waals surface area contributed by atoms with Crippen molar-refractivity contribution < 1.29 is 23.1 Å². The number of sulfonamides is 1. The molecule has 2 rings (SSSR count). The second-order valence-electron chi connectivity index (χ2n) is 5.21. The molecule has 1 heterocycles. The van der Waals surface area contributed by atoms with E-state index in [1.54, 1.807) is 19.1 Å². The minimum atomic E-state index is -3.64. The lowest BCUT2D eigenvalue weighted by molar-refractivity contribution is -0.117. The molecule has 8 heteroatoms. The Kier molecular flexibility index (Phi) is 4.02. The first-order chi connectivity index (χ1) is 9.67. The predicted octanol–water partition coefficient (Wildman–Crippen LogP) is 0.335. The van der Waals surface area contributed by atoms with Crippen molar-refractivity contribution in [2.75, 3.05) is 17.2 Å². The highest BCUT2D eigenvalue weighted by Crippen LogP contribution is 2.27. The van der Waals surface area contributed by atoms with E-state index in [4.69, 9.17) is 10.2 Å². The van der Waals surface area contributed by atoms with E-state index in [-0.39, 0.29) is 36.1 Å². The summed E-state index contributed by atoms with van der Waals surface area (Å²) in [4.78, 5) is 24.5. The maximum Gasteiger partial charge on any atom is 0.336 e. The third kappa shape index (κ3) is 3.59. The molecule has 0 bridgehead atoms. The lowest BCUT2D eigenvalue weighted by atomic mass is 10.1. The molecule has 0 spiro atoms. The van der Waals surface area contributed by atoms with E-state index in [1.165, 1.54) is 11.0 Å². The molecule has 1 saturated heterocycles. The van der Waals surface area contributed by atoms with Crippen molar-refractivity contribution in [2.45, 2.75) is 13.3 Å². The molecule has 114 valence electrons. The maximum atomic E-state index is 12.0. The molecule has 1 aliphatic heterocycles. The molecule has 7 nitrogen and oxygen atoms in total. The zero-order chi connectivity index (χ0) is 15.8. The fourth-order valence-electron chi connectivity index (χ4n) is 2.48. The number of carbonyl (C=O) groups excluding carboxylic acids is 1. The van der Waals surface area contributed by atoms with Gasteiger partial charge in [-0.05, 0) is 24.6 Å². The largest absolute Gasteiger partial charge is 0.478 e. The summed E-state index contributed by atoms with van der Waals surface area (Å²) in [5.41, 5.74) is 1.18. The highest BCUT2D eigenvalue weighted by atomic mass is 32.2. The number of nitrogens with two attached hydrogens (primary N) is 1. The molecule has 1 unspecified atom stereocenters. The van der Waals surface area contributed by atoms with Crippen molar-refractivity contribution in [3.8, 4) is 0 Å². The number of carbonyl (C=O) groups is 2. The minimum absolute atomic E-state index is 0.0900. The van der Waals surface area contributed by atoms with Crippen molar-refractivity contribution in [1.29, 1.82) is 0 Å². The van der Waals surface area contributed by atoms with Crippen LogP contribution >= 0.6 is 0 Å². The number of aromatic carboxylic acids is 1. The van der Waals surface area contributed by atoms with E-state index in [2.05, 4.69) is 0 Å². The molecule has 1 amide bonds. The third-order valence-corrected chi connectivity index (χ3v) is 4.37. The zero-order valence-corrected chi connectivity index (χ0v) is 12.3. The van der Waals surface area contributed by atoms with Crippen LogP contribution in [0.5, 0.6) is 0 Å². The Labute approximate surface area is 122 Å². The predicted molar refractivity (Wildman–Crippen MR) is 76.6 cm³/mol. The van der Waals surface area contributed by atoms with Crippen LogP contribution < -0.4 is 10.0 Å². The van der Waals surface area contributed by atoms with Crippen LogP contribution in [0, 0.1) is 12.8 Å². The number of carboxylic acids is 1. The standard InChI is InChI=1S/C13H16N2O5S/c1-8-2-3-10(5-11(8)13(17)18)15-6-9(4-12(15)16)7-21(14,19)20/h2-3,5,9H,4,6-7H2,1H3,(H,17,18)(H2,14,19,20). The van der Waals surface area contributed by atoms with Gasteiger partial charge in [-0.3, -0.25) is 4.79 Å². The second kappa shape index (κ2) is 5.45. The number of anilines is 1. The molecule has 0 radical (unpaired) electrons. The van der Waals surface area contributed by atoms with Crippen molar-refractivity contribution in [3.63, 3.8) is 0 Å². The summed E-state index contributed by atoms with van der Waals surface area (Å²) in [7, 11) is -3.64. The van der Waals surface area contributed by atoms with Gasteiger partial charge in [0.15, 0.2) is 0 Å². The van der Waals surface area contributed by atoms with Gasteiger partial charge in [0.2, 0.25) is 15.9 Å². The van der Waals surface area contributed by atoms with Crippen LogP contribution in [-0.2, 0) is 14.8 Å². The lowest BCUT2D eigenvalue weighted by Crippen LogP contribution is -2.27. The van der Waals surface area contributed by atoms with Gasteiger partial charge in [0.1, 0.15) is 0 Å². The average molecular weight is 312 g/mol. The van der Waals surface area contributed by atoms with Crippen LogP contribution in [0.25, 0.3) is 0 Å². The van der Waals surface area contributed by atoms with Crippen LogP contribution in [0.3, 0.4) is 0 Å². The first-order valence-electron chi connectivity index (χ1n) is 6.32. The summed E-state index contributed by atoms with van der Waals surface area (Å²) in [6.45, 7) is 1.89. The van der Waals surface area contributed by atoms with Gasteiger partial charge in [-0.1, -0.05) is 6.07 Å². The summed E-state index contributed by atoms with van der Waals surface area (Å²) in [6.07, 6.45) is 0.0900. The van der Waals surface area contributed by atoms with Gasteiger partial charge in [-0.25, -0.2) is 18.4 Å². The molecule has 0 aromatic heterocycles. The van der Waals surface area contributed by atoms with Gasteiger partial charge in [0, 0.05) is 24.6 Å². The minimum Gasteiger partial charge on any atom is -0.478 e. The number of aryl methyl sites for hydroxylation is 1. The van der Waals surface area contributed by atoms with Crippen LogP contribution in [0.2, 0.25) is 0 Å². The first kappa shape index (κ1) is 15.5. The molecule has 0 aliphatic carbocycles. The van der Waals surface area contributed by atoms with Crippen molar-refractivity contribution in [1.82, 2.24) is 0 Å². The number of amides is 1. The van der Waals surface area contributed by atoms with Gasteiger partial charge in [0.05, 0.1) is 11.3 Å². The SMILES string of the molecule is Cc1ccc(N2CC(CS(N)(=O)=O)CC2=O)cc1C(=O)O. The number of hydrogen-bond acceptors (Lipinski definition) is 4. The number of carboxylic acid groups (broad SMARTS) is 1. The number of primary sulfonamides is 1. The highest BCUT2D eigenvalue weighted by molar-refractivity contribution is 7.89. The Morgan fingerprint density at radius 3 is 2.71 bits per heavy atom. The van der Waals surface area contributed by atoms with Crippen molar-refractivity contribution in [2.24, 2.45) is 11.1 Å². The van der Waals surface area contributed by atoms with Gasteiger partial charge >= 0.3 is 5.97 Å². The summed E-state index contributed by atoms with van der Waals surface area (Å²) >= 11 is 0. The van der Waals surface area contributed by atoms with Gasteiger partial charge < -0.3 is 10.0 Å². The molecule has 1 aromatic carbocycles. The van der Waals surface area contributed by atoms with Gasteiger partial charge in [-0.2, -0.15) is 0 Å². The Bertz CT molecular complexity index is 699. The number of hydrogen-bond donors (Lipinski definition) is 2. The summed E-state index contributed by atoms with van der Waals surface area (Å²) in [5.74, 6) is -1.93. The molecule has 0 saturated carbocycles. The Balaban J connectivity index is 2.25. The Morgan fingerprint density at radius 1 is 1.48 bits per heavy atom. The van der Waals surface area contributed by atoms with Crippen LogP contribution in [-0.4, -0.2) is 37.7 Å². The molecular weight excluding hydrogens is 296 g/mol. The van der Waals surface area contributed by atoms with Crippen LogP contribution in [0.15, 0.2) is 18.2 Å². The highest BCUT2D eigenvalue weighted by Gasteiger charge is 2.33. The van der Waals surface area contributed by atoms with E-state index >= 15 is 0 Å². The maximum absolute atomic E-state index is 12.0. The quantitative estimate of drug-likeness (QED) is 0.831. The molecular formula is C13H16N2O5S. The van der Waals surface area contributed by atoms with Crippen molar-refractivity contribution in [3.05, 3.63) is 29.3 Å². The van der Waals surface area contributed by atoms with E-state index in [0.717, 1.165) is 0 Å². The normalized spacial score (nSPS) is 19.0. The molecule has 1 aliphatic rings. The van der Waals surface area contributed by atoms with Gasteiger partial charge in [0.25, 0.3) is 0 Å². The van der Waals surface area contributed by atoms with Crippen molar-refractivity contribution >= 4 is 27.6 Å². The summed E-state index contributed by atoms with van der Waals surface area (Å²) < 4.78 is 22.2. The first-order valence-corrected chi connectivity index (χ1v) is 8.03. The molecule has 3 N–H and O–H groups in total. The van der Waals surface area contributed by atoms with E-state index in [0.29, 0.717) is 11.3 Å².